The molecule has 0 rings (SSSR count). The first-order chi connectivity index (χ1) is 6.66. The van der Waals surface area contributed by atoms with Crippen LogP contribution in [0.2, 0.25) is 0 Å². The van der Waals surface area contributed by atoms with Crippen LogP contribution in [0.4, 0.5) is 4.79 Å². The smallest absolute Gasteiger partial charge is 0.404 e. The SMILES string of the molecule is CCCCCC(C)=C=CCOC(N)=O. The van der Waals surface area contributed by atoms with Crippen molar-refractivity contribution in [2.45, 2.75) is 39.5 Å². The van der Waals surface area contributed by atoms with Gasteiger partial charge in [-0.1, -0.05) is 19.8 Å². The van der Waals surface area contributed by atoms with E-state index in [4.69, 9.17) is 5.73 Å². The molecule has 1 amide bonds. The highest BCUT2D eigenvalue weighted by molar-refractivity contribution is 5.64. The third kappa shape index (κ3) is 8.88. The number of carbonyl (C=O) groups excluding carboxylic acids is 1. The van der Waals surface area contributed by atoms with E-state index in [1.807, 2.05) is 6.92 Å². The molecule has 0 heterocycles. The first-order valence-corrected chi connectivity index (χ1v) is 4.99. The maximum atomic E-state index is 10.2. The minimum atomic E-state index is -0.744. The van der Waals surface area contributed by atoms with Crippen LogP contribution in [-0.2, 0) is 4.74 Å². The van der Waals surface area contributed by atoms with Gasteiger partial charge in [0.25, 0.3) is 0 Å². The van der Waals surface area contributed by atoms with Crippen molar-refractivity contribution in [1.29, 1.82) is 0 Å². The number of primary amides is 1. The average molecular weight is 197 g/mol. The van der Waals surface area contributed by atoms with E-state index in [-0.39, 0.29) is 6.61 Å². The summed E-state index contributed by atoms with van der Waals surface area (Å²) in [6.45, 7) is 4.41. The van der Waals surface area contributed by atoms with Gasteiger partial charge in [0.05, 0.1) is 0 Å². The first kappa shape index (κ1) is 12.8. The van der Waals surface area contributed by atoms with Crippen molar-refractivity contribution in [2.75, 3.05) is 6.61 Å². The van der Waals surface area contributed by atoms with Crippen LogP contribution in [0.3, 0.4) is 0 Å². The van der Waals surface area contributed by atoms with Crippen molar-refractivity contribution in [1.82, 2.24) is 0 Å². The maximum Gasteiger partial charge on any atom is 0.404 e. The molecule has 3 heteroatoms. The van der Waals surface area contributed by atoms with Gasteiger partial charge in [-0.3, -0.25) is 0 Å². The molecule has 0 unspecified atom stereocenters. The third-order valence-electron chi connectivity index (χ3n) is 1.81. The Hall–Kier alpha value is -1.21. The second-order valence-electron chi connectivity index (χ2n) is 3.22. The van der Waals surface area contributed by atoms with Crippen molar-refractivity contribution in [3.05, 3.63) is 17.4 Å². The van der Waals surface area contributed by atoms with Gasteiger partial charge in [-0.05, 0) is 31.4 Å². The van der Waals surface area contributed by atoms with E-state index < -0.39 is 6.09 Å². The lowest BCUT2D eigenvalue weighted by molar-refractivity contribution is 0.169. The zero-order chi connectivity index (χ0) is 10.8. The van der Waals surface area contributed by atoms with E-state index in [0.29, 0.717) is 0 Å². The monoisotopic (exact) mass is 197 g/mol. The molecular formula is C11H19NO2. The normalized spacial score (nSPS) is 9.00. The predicted octanol–water partition coefficient (Wildman–Crippen LogP) is 2.76. The molecule has 0 aliphatic carbocycles. The summed E-state index contributed by atoms with van der Waals surface area (Å²) in [5.41, 5.74) is 9.03. The van der Waals surface area contributed by atoms with Gasteiger partial charge in [0.15, 0.2) is 0 Å². The average Bonchev–Trinajstić information content (AvgIpc) is 2.13. The number of nitrogens with two attached hydrogens (primary N) is 1. The molecule has 14 heavy (non-hydrogen) atoms. The van der Waals surface area contributed by atoms with E-state index in [0.717, 1.165) is 6.42 Å². The molecule has 3 nitrogen and oxygen atoms in total. The molecule has 0 saturated heterocycles. The second-order valence-corrected chi connectivity index (χ2v) is 3.22. The summed E-state index contributed by atoms with van der Waals surface area (Å²) in [7, 11) is 0. The van der Waals surface area contributed by atoms with E-state index >= 15 is 0 Å². The largest absolute Gasteiger partial charge is 0.445 e. The van der Waals surface area contributed by atoms with Gasteiger partial charge in [-0.25, -0.2) is 4.79 Å². The van der Waals surface area contributed by atoms with Gasteiger partial charge >= 0.3 is 6.09 Å². The quantitative estimate of drug-likeness (QED) is 0.525. The molecule has 0 aromatic rings. The Morgan fingerprint density at radius 3 is 2.79 bits per heavy atom. The van der Waals surface area contributed by atoms with Crippen LogP contribution in [-0.4, -0.2) is 12.7 Å². The van der Waals surface area contributed by atoms with E-state index in [2.05, 4.69) is 17.4 Å². The summed E-state index contributed by atoms with van der Waals surface area (Å²) in [5, 5.41) is 0. The Labute approximate surface area is 85.6 Å². The molecule has 80 valence electrons. The van der Waals surface area contributed by atoms with Crippen molar-refractivity contribution in [3.63, 3.8) is 0 Å². The van der Waals surface area contributed by atoms with Crippen LogP contribution in [0, 0.1) is 0 Å². The molecular weight excluding hydrogens is 178 g/mol. The summed E-state index contributed by atoms with van der Waals surface area (Å²) in [6, 6.07) is 0. The summed E-state index contributed by atoms with van der Waals surface area (Å²) in [5.74, 6) is 0. The van der Waals surface area contributed by atoms with Crippen LogP contribution in [0.15, 0.2) is 17.4 Å². The lowest BCUT2D eigenvalue weighted by Gasteiger charge is -1.96. The first-order valence-electron chi connectivity index (χ1n) is 4.99. The number of carbonyl (C=O) groups is 1. The number of unbranched alkanes of at least 4 members (excludes halogenated alkanes) is 2. The Kier molecular flexibility index (Phi) is 7.67. The van der Waals surface area contributed by atoms with E-state index in [9.17, 15) is 4.79 Å². The Morgan fingerprint density at radius 2 is 2.21 bits per heavy atom. The van der Waals surface area contributed by atoms with Crippen LogP contribution >= 0.6 is 0 Å². The van der Waals surface area contributed by atoms with Gasteiger partial charge in [-0.15, -0.1) is 5.73 Å². The van der Waals surface area contributed by atoms with Gasteiger partial charge in [0.2, 0.25) is 0 Å². The molecule has 0 atom stereocenters. The van der Waals surface area contributed by atoms with Gasteiger partial charge in [-0.2, -0.15) is 0 Å². The van der Waals surface area contributed by atoms with Crippen molar-refractivity contribution in [3.8, 4) is 0 Å². The molecule has 0 aliphatic heterocycles. The fourth-order valence-electron chi connectivity index (χ4n) is 1.05. The van der Waals surface area contributed by atoms with Crippen LogP contribution in [0.5, 0.6) is 0 Å². The standard InChI is InChI=1S/C11H19NO2/c1-3-4-5-7-10(2)8-6-9-14-11(12)13/h6H,3-5,7,9H2,1-2H3,(H2,12,13). The molecule has 0 radical (unpaired) electrons. The number of hydrogen-bond donors (Lipinski definition) is 1. The van der Waals surface area contributed by atoms with Crippen LogP contribution < -0.4 is 5.73 Å². The molecule has 0 spiro atoms. The Balaban J connectivity index is 3.67. The fraction of sp³-hybridized carbons (Fsp3) is 0.636. The van der Waals surface area contributed by atoms with Crippen LogP contribution in [0.25, 0.3) is 0 Å². The summed E-state index contributed by atoms with van der Waals surface area (Å²) < 4.78 is 4.53. The lowest BCUT2D eigenvalue weighted by Crippen LogP contribution is -2.12. The number of ether oxygens (including phenoxy) is 1. The minimum Gasteiger partial charge on any atom is -0.445 e. The van der Waals surface area contributed by atoms with Gasteiger partial charge in [0.1, 0.15) is 6.61 Å². The van der Waals surface area contributed by atoms with Crippen LogP contribution in [0.1, 0.15) is 39.5 Å². The third-order valence-corrected chi connectivity index (χ3v) is 1.81. The van der Waals surface area contributed by atoms with Gasteiger partial charge in [0, 0.05) is 0 Å². The van der Waals surface area contributed by atoms with E-state index in [1.54, 1.807) is 6.08 Å². The molecule has 0 bridgehead atoms. The molecule has 0 aliphatic rings. The van der Waals surface area contributed by atoms with Gasteiger partial charge < -0.3 is 10.5 Å². The minimum absolute atomic E-state index is 0.209. The predicted molar refractivity (Wildman–Crippen MR) is 56.9 cm³/mol. The van der Waals surface area contributed by atoms with Crippen molar-refractivity contribution in [2.24, 2.45) is 5.73 Å². The zero-order valence-corrected chi connectivity index (χ0v) is 9.01. The molecule has 0 aromatic carbocycles. The highest BCUT2D eigenvalue weighted by Crippen LogP contribution is 2.06. The van der Waals surface area contributed by atoms with Crippen molar-refractivity contribution >= 4 is 6.09 Å². The summed E-state index contributed by atoms with van der Waals surface area (Å²) in [6.07, 6.45) is 5.66. The second kappa shape index (κ2) is 8.39. The topological polar surface area (TPSA) is 52.3 Å². The summed E-state index contributed by atoms with van der Waals surface area (Å²) in [4.78, 5) is 10.2. The highest BCUT2D eigenvalue weighted by atomic mass is 16.5. The molecule has 2 N–H and O–H groups in total. The Morgan fingerprint density at radius 1 is 1.50 bits per heavy atom. The van der Waals surface area contributed by atoms with Crippen molar-refractivity contribution < 1.29 is 9.53 Å². The lowest BCUT2D eigenvalue weighted by atomic mass is 10.1. The number of amides is 1. The zero-order valence-electron chi connectivity index (χ0n) is 9.01. The molecule has 0 fully saturated rings. The molecule has 0 aromatic heterocycles. The molecule has 0 saturated carbocycles. The number of rotatable bonds is 6. The number of hydrogen-bond acceptors (Lipinski definition) is 2. The maximum absolute atomic E-state index is 10.2. The fourth-order valence-corrected chi connectivity index (χ4v) is 1.05. The van der Waals surface area contributed by atoms with E-state index in [1.165, 1.54) is 24.8 Å². The highest BCUT2D eigenvalue weighted by Gasteiger charge is 1.89. The summed E-state index contributed by atoms with van der Waals surface area (Å²) >= 11 is 0. The Bertz CT molecular complexity index is 227.